The number of rotatable bonds is 18. The summed E-state index contributed by atoms with van der Waals surface area (Å²) in [6.45, 7) is 7.68. The molecule has 0 N–H and O–H groups in total. The molecule has 40 heavy (non-hydrogen) atoms. The van der Waals surface area contributed by atoms with Crippen LogP contribution in [0, 0.1) is 17.8 Å². The molecule has 0 aromatic rings. The molecule has 0 aromatic heterocycles. The Labute approximate surface area is 244 Å². The molecule has 0 aliphatic heterocycles. The van der Waals surface area contributed by atoms with E-state index in [1.54, 1.807) is 0 Å². The van der Waals surface area contributed by atoms with Crippen molar-refractivity contribution in [3.8, 4) is 0 Å². The molecule has 6 nitrogen and oxygen atoms in total. The lowest BCUT2D eigenvalue weighted by atomic mass is 9.72. The molecule has 3 aliphatic carbocycles. The quantitative estimate of drug-likeness (QED) is 0.0954. The second-order valence-electron chi connectivity index (χ2n) is 12.6. The van der Waals surface area contributed by atoms with Crippen LogP contribution in [0.5, 0.6) is 0 Å². The number of hydrogen-bond donors (Lipinski definition) is 0. The van der Waals surface area contributed by atoms with Gasteiger partial charge in [0, 0.05) is 19.3 Å². The van der Waals surface area contributed by atoms with Crippen LogP contribution in [0.25, 0.3) is 0 Å². The summed E-state index contributed by atoms with van der Waals surface area (Å²) >= 11 is 0. The van der Waals surface area contributed by atoms with Gasteiger partial charge in [-0.25, -0.2) is 4.79 Å². The Hall–Kier alpha value is -1.40. The zero-order valence-corrected chi connectivity index (χ0v) is 25.5. The third kappa shape index (κ3) is 12.6. The Kier molecular flexibility index (Phi) is 16.3. The molecule has 0 radical (unpaired) electrons. The van der Waals surface area contributed by atoms with Crippen LogP contribution in [0.2, 0.25) is 0 Å². The molecule has 230 valence electrons. The van der Waals surface area contributed by atoms with Crippen molar-refractivity contribution in [2.24, 2.45) is 17.8 Å². The van der Waals surface area contributed by atoms with E-state index in [1.807, 2.05) is 0 Å². The van der Waals surface area contributed by atoms with Crippen molar-refractivity contribution in [2.45, 2.75) is 154 Å². The minimum atomic E-state index is -0.374. The van der Waals surface area contributed by atoms with Gasteiger partial charge in [0.05, 0.1) is 24.7 Å². The minimum absolute atomic E-state index is 0.0222. The Balaban J connectivity index is 1.19. The molecule has 0 unspecified atom stereocenters. The van der Waals surface area contributed by atoms with Gasteiger partial charge >= 0.3 is 11.9 Å². The molecule has 0 heterocycles. The van der Waals surface area contributed by atoms with Crippen molar-refractivity contribution in [1.82, 2.24) is 0 Å². The monoisotopic (exact) mass is 562 g/mol. The summed E-state index contributed by atoms with van der Waals surface area (Å²) < 4.78 is 23.2. The van der Waals surface area contributed by atoms with E-state index in [9.17, 15) is 9.59 Å². The Morgan fingerprint density at radius 2 is 1.10 bits per heavy atom. The minimum Gasteiger partial charge on any atom is -0.463 e. The first kappa shape index (κ1) is 33.1. The SMILES string of the molecule is C=CC(=O)OCCCCOC1CCC(C(=O)OC2CCC(C3CCC(OCCCCCCCC)CC3)CC2)CC1. The number of carbonyl (C=O) groups is 2. The van der Waals surface area contributed by atoms with Gasteiger partial charge in [0.1, 0.15) is 6.10 Å². The van der Waals surface area contributed by atoms with Crippen LogP contribution in [0.1, 0.15) is 135 Å². The highest BCUT2D eigenvalue weighted by atomic mass is 16.5. The summed E-state index contributed by atoms with van der Waals surface area (Å²) in [6, 6.07) is 0. The number of unbranched alkanes of at least 4 members (excludes halogenated alkanes) is 6. The fourth-order valence-electron chi connectivity index (χ4n) is 6.95. The normalized spacial score (nSPS) is 29.0. The van der Waals surface area contributed by atoms with Crippen molar-refractivity contribution >= 4 is 11.9 Å². The number of carbonyl (C=O) groups excluding carboxylic acids is 2. The molecule has 0 amide bonds. The summed E-state index contributed by atoms with van der Waals surface area (Å²) in [5, 5.41) is 0. The van der Waals surface area contributed by atoms with Crippen LogP contribution < -0.4 is 0 Å². The average molecular weight is 563 g/mol. The van der Waals surface area contributed by atoms with Gasteiger partial charge < -0.3 is 18.9 Å². The summed E-state index contributed by atoms with van der Waals surface area (Å²) in [6.07, 6.45) is 24.7. The molecule has 0 spiro atoms. The van der Waals surface area contributed by atoms with Crippen LogP contribution in [-0.2, 0) is 28.5 Å². The van der Waals surface area contributed by atoms with Crippen molar-refractivity contribution in [3.05, 3.63) is 12.7 Å². The van der Waals surface area contributed by atoms with Gasteiger partial charge in [0.15, 0.2) is 0 Å². The first-order chi connectivity index (χ1) is 19.6. The van der Waals surface area contributed by atoms with Crippen molar-refractivity contribution < 1.29 is 28.5 Å². The zero-order valence-electron chi connectivity index (χ0n) is 25.5. The van der Waals surface area contributed by atoms with Gasteiger partial charge in [-0.05, 0) is 108 Å². The van der Waals surface area contributed by atoms with E-state index < -0.39 is 0 Å². The van der Waals surface area contributed by atoms with Crippen LogP contribution in [0.3, 0.4) is 0 Å². The van der Waals surface area contributed by atoms with E-state index in [2.05, 4.69) is 13.5 Å². The molecule has 0 bridgehead atoms. The predicted molar refractivity (Wildman–Crippen MR) is 159 cm³/mol. The molecule has 0 atom stereocenters. The van der Waals surface area contributed by atoms with Gasteiger partial charge in [0.25, 0.3) is 0 Å². The molecule has 6 heteroatoms. The average Bonchev–Trinajstić information content (AvgIpc) is 2.99. The van der Waals surface area contributed by atoms with E-state index in [1.165, 1.54) is 83.1 Å². The van der Waals surface area contributed by atoms with Crippen LogP contribution in [0.15, 0.2) is 12.7 Å². The maximum Gasteiger partial charge on any atom is 0.330 e. The topological polar surface area (TPSA) is 71.1 Å². The van der Waals surface area contributed by atoms with E-state index in [0.717, 1.165) is 69.8 Å². The predicted octanol–water partition coefficient (Wildman–Crippen LogP) is 8.11. The van der Waals surface area contributed by atoms with Gasteiger partial charge in [-0.2, -0.15) is 0 Å². The van der Waals surface area contributed by atoms with Gasteiger partial charge in [-0.1, -0.05) is 45.6 Å². The zero-order chi connectivity index (χ0) is 28.4. The highest BCUT2D eigenvalue weighted by molar-refractivity contribution is 5.81. The fraction of sp³-hybridized carbons (Fsp3) is 0.882. The standard InChI is InChI=1S/C34H58O6/c1-3-5-6-7-8-9-24-37-30-18-12-27(13-19-30)28-14-22-32(23-15-28)40-34(36)29-16-20-31(21-17-29)38-25-10-11-26-39-33(35)4-2/h4,27-32H,2-3,5-26H2,1H3. The van der Waals surface area contributed by atoms with E-state index in [-0.39, 0.29) is 30.1 Å². The largest absolute Gasteiger partial charge is 0.463 e. The Morgan fingerprint density at radius 1 is 0.625 bits per heavy atom. The summed E-state index contributed by atoms with van der Waals surface area (Å²) in [4.78, 5) is 23.9. The molecular weight excluding hydrogens is 504 g/mol. The molecule has 3 aliphatic rings. The van der Waals surface area contributed by atoms with Gasteiger partial charge in [-0.15, -0.1) is 0 Å². The van der Waals surface area contributed by atoms with Crippen molar-refractivity contribution in [2.75, 3.05) is 19.8 Å². The maximum atomic E-state index is 12.9. The summed E-state index contributed by atoms with van der Waals surface area (Å²) in [5.41, 5.74) is 0. The van der Waals surface area contributed by atoms with Crippen LogP contribution in [-0.4, -0.2) is 50.1 Å². The number of esters is 2. The molecular formula is C34H58O6. The highest BCUT2D eigenvalue weighted by Crippen LogP contribution is 2.40. The second-order valence-corrected chi connectivity index (χ2v) is 12.6. The van der Waals surface area contributed by atoms with Gasteiger partial charge in [-0.3, -0.25) is 4.79 Å². The lowest BCUT2D eigenvalue weighted by Gasteiger charge is -2.38. The summed E-state index contributed by atoms with van der Waals surface area (Å²) in [5.74, 6) is 1.32. The van der Waals surface area contributed by atoms with E-state index in [0.29, 0.717) is 19.3 Å². The molecule has 3 fully saturated rings. The highest BCUT2D eigenvalue weighted by Gasteiger charge is 2.34. The molecule has 0 saturated heterocycles. The third-order valence-corrected chi connectivity index (χ3v) is 9.55. The second kappa shape index (κ2) is 19.7. The lowest BCUT2D eigenvalue weighted by Crippen LogP contribution is -2.33. The Bertz CT molecular complexity index is 699. The lowest BCUT2D eigenvalue weighted by molar-refractivity contribution is -0.158. The number of hydrogen-bond acceptors (Lipinski definition) is 6. The maximum absolute atomic E-state index is 12.9. The fourth-order valence-corrected chi connectivity index (χ4v) is 6.95. The molecule has 3 saturated carbocycles. The third-order valence-electron chi connectivity index (χ3n) is 9.55. The van der Waals surface area contributed by atoms with E-state index >= 15 is 0 Å². The van der Waals surface area contributed by atoms with E-state index in [4.69, 9.17) is 18.9 Å². The van der Waals surface area contributed by atoms with Crippen LogP contribution in [0.4, 0.5) is 0 Å². The molecule has 3 rings (SSSR count). The summed E-state index contributed by atoms with van der Waals surface area (Å²) in [7, 11) is 0. The Morgan fingerprint density at radius 3 is 1.68 bits per heavy atom. The first-order valence-corrected chi connectivity index (χ1v) is 16.8. The first-order valence-electron chi connectivity index (χ1n) is 16.8. The van der Waals surface area contributed by atoms with Crippen LogP contribution >= 0.6 is 0 Å². The smallest absolute Gasteiger partial charge is 0.330 e. The molecule has 0 aromatic carbocycles. The van der Waals surface area contributed by atoms with Crippen molar-refractivity contribution in [1.29, 1.82) is 0 Å². The van der Waals surface area contributed by atoms with Gasteiger partial charge in [0.2, 0.25) is 0 Å². The van der Waals surface area contributed by atoms with Crippen molar-refractivity contribution in [3.63, 3.8) is 0 Å². The number of ether oxygens (including phenoxy) is 4.